The van der Waals surface area contributed by atoms with E-state index >= 15 is 0 Å². The van der Waals surface area contributed by atoms with E-state index in [2.05, 4.69) is 5.32 Å². The molecule has 0 aliphatic heterocycles. The number of nitrogens with zero attached hydrogens (tertiary/aromatic N) is 1. The quantitative estimate of drug-likeness (QED) is 0.253. The number of carbonyl (C=O) groups is 2. The van der Waals surface area contributed by atoms with E-state index in [-0.39, 0.29) is 11.4 Å². The van der Waals surface area contributed by atoms with Gasteiger partial charge in [-0.3, -0.25) is 14.9 Å². The van der Waals surface area contributed by atoms with Gasteiger partial charge in [0, 0.05) is 22.6 Å². The van der Waals surface area contributed by atoms with Crippen LogP contribution in [0.25, 0.3) is 6.08 Å². The fourth-order valence-electron chi connectivity index (χ4n) is 2.69. The van der Waals surface area contributed by atoms with E-state index < -0.39 is 22.9 Å². The van der Waals surface area contributed by atoms with Crippen molar-refractivity contribution >= 4 is 40.7 Å². The molecule has 1 atom stereocenters. The lowest BCUT2D eigenvalue weighted by Gasteiger charge is -2.17. The minimum atomic E-state index is -1.27. The second kappa shape index (κ2) is 9.62. The number of benzene rings is 2. The molecule has 8 heteroatoms. The third-order valence-electron chi connectivity index (χ3n) is 4.11. The molecule has 30 heavy (non-hydrogen) atoms. The Kier molecular flexibility index (Phi) is 6.71. The minimum absolute atomic E-state index is 0.0294. The zero-order chi connectivity index (χ0) is 21.5. The van der Waals surface area contributed by atoms with Crippen molar-refractivity contribution in [1.29, 1.82) is 0 Å². The highest BCUT2D eigenvalue weighted by atomic mass is 32.1. The van der Waals surface area contributed by atoms with Crippen LogP contribution in [-0.4, -0.2) is 16.8 Å². The summed E-state index contributed by atoms with van der Waals surface area (Å²) >= 11 is 1.46. The Balaban J connectivity index is 1.83. The van der Waals surface area contributed by atoms with E-state index in [9.17, 15) is 19.7 Å². The number of nitrogens with one attached hydrogen (secondary N) is 1. The van der Waals surface area contributed by atoms with E-state index in [1.807, 2.05) is 17.5 Å². The number of hydrogen-bond acceptors (Lipinski definition) is 6. The van der Waals surface area contributed by atoms with Gasteiger partial charge in [0.05, 0.1) is 4.92 Å². The summed E-state index contributed by atoms with van der Waals surface area (Å²) in [6.45, 7) is 1.72. The van der Waals surface area contributed by atoms with Gasteiger partial charge in [-0.1, -0.05) is 42.5 Å². The zero-order valence-electron chi connectivity index (χ0n) is 16.0. The number of aryl methyl sites for hydroxylation is 1. The largest absolute Gasteiger partial charge is 0.444 e. The van der Waals surface area contributed by atoms with Crippen LogP contribution in [0.5, 0.6) is 0 Å². The first-order valence-electron chi connectivity index (χ1n) is 8.97. The molecule has 0 aliphatic carbocycles. The molecule has 0 spiro atoms. The molecule has 0 radical (unpaired) electrons. The molecule has 2 aromatic carbocycles. The third-order valence-corrected chi connectivity index (χ3v) is 4.95. The lowest BCUT2D eigenvalue weighted by Crippen LogP contribution is -2.25. The number of esters is 1. The molecule has 1 N–H and O–H groups in total. The number of rotatable bonds is 7. The van der Waals surface area contributed by atoms with Gasteiger partial charge in [0.15, 0.2) is 0 Å². The van der Waals surface area contributed by atoms with E-state index in [1.54, 1.807) is 49.4 Å². The summed E-state index contributed by atoms with van der Waals surface area (Å²) in [7, 11) is 0. The monoisotopic (exact) mass is 422 g/mol. The highest BCUT2D eigenvalue weighted by Gasteiger charge is 2.26. The van der Waals surface area contributed by atoms with E-state index in [4.69, 9.17) is 4.74 Å². The minimum Gasteiger partial charge on any atom is -0.444 e. The normalized spacial score (nSPS) is 11.8. The maximum absolute atomic E-state index is 12.9. The van der Waals surface area contributed by atoms with Gasteiger partial charge in [0.2, 0.25) is 6.10 Å². The van der Waals surface area contributed by atoms with Gasteiger partial charge in [-0.2, -0.15) is 0 Å². The Labute approximate surface area is 176 Å². The van der Waals surface area contributed by atoms with Gasteiger partial charge in [-0.25, -0.2) is 4.79 Å². The number of nitro groups is 1. The number of anilines is 1. The Bertz CT molecular complexity index is 1080. The van der Waals surface area contributed by atoms with Crippen LogP contribution in [0.2, 0.25) is 0 Å². The predicted molar refractivity (Wildman–Crippen MR) is 115 cm³/mol. The lowest BCUT2D eigenvalue weighted by molar-refractivity contribution is -0.384. The lowest BCUT2D eigenvalue weighted by atomic mass is 10.1. The Morgan fingerprint density at radius 2 is 1.90 bits per heavy atom. The maximum atomic E-state index is 12.9. The molecular formula is C22H18N2O5S. The molecule has 1 unspecified atom stereocenters. The van der Waals surface area contributed by atoms with Crippen LogP contribution >= 0.6 is 11.3 Å². The summed E-state index contributed by atoms with van der Waals surface area (Å²) in [5.74, 6) is -1.39. The number of ether oxygens (including phenoxy) is 1. The molecule has 0 saturated heterocycles. The fraction of sp³-hybridized carbons (Fsp3) is 0.0909. The molecule has 7 nitrogen and oxygen atoms in total. The summed E-state index contributed by atoms with van der Waals surface area (Å²) in [4.78, 5) is 36.8. The van der Waals surface area contributed by atoms with Crippen molar-refractivity contribution < 1.29 is 19.2 Å². The highest BCUT2D eigenvalue weighted by Crippen LogP contribution is 2.28. The zero-order valence-corrected chi connectivity index (χ0v) is 16.8. The number of thiophene rings is 1. The second-order valence-electron chi connectivity index (χ2n) is 6.34. The fourth-order valence-corrected chi connectivity index (χ4v) is 3.31. The molecule has 152 valence electrons. The van der Waals surface area contributed by atoms with E-state index in [1.165, 1.54) is 29.5 Å². The highest BCUT2D eigenvalue weighted by molar-refractivity contribution is 7.10. The Morgan fingerprint density at radius 3 is 2.57 bits per heavy atom. The standard InChI is InChI=1S/C22H18N2O5S/c1-15-9-11-18(19(14-15)24(27)28)23-22(26)21(16-6-3-2-4-7-16)29-20(25)12-10-17-8-5-13-30-17/h2-14,21H,1H3,(H,23,26)/b12-10+. The SMILES string of the molecule is Cc1ccc(NC(=O)C(OC(=O)/C=C/c2cccs2)c2ccccc2)c([N+](=O)[O-])c1. The van der Waals surface area contributed by atoms with Crippen LogP contribution in [0.4, 0.5) is 11.4 Å². The average molecular weight is 422 g/mol. The molecular weight excluding hydrogens is 404 g/mol. The molecule has 1 aromatic heterocycles. The van der Waals surface area contributed by atoms with Crippen molar-refractivity contribution in [3.8, 4) is 0 Å². The van der Waals surface area contributed by atoms with E-state index in [0.717, 1.165) is 4.88 Å². The summed E-state index contributed by atoms with van der Waals surface area (Å²) in [6.07, 6.45) is 1.56. The topological polar surface area (TPSA) is 98.5 Å². The Hall–Kier alpha value is -3.78. The van der Waals surface area contributed by atoms with Crippen LogP contribution in [0, 0.1) is 17.0 Å². The molecule has 1 heterocycles. The Morgan fingerprint density at radius 1 is 1.13 bits per heavy atom. The van der Waals surface area contributed by atoms with Crippen molar-refractivity contribution in [1.82, 2.24) is 0 Å². The van der Waals surface area contributed by atoms with Crippen molar-refractivity contribution in [3.05, 3.63) is 98.2 Å². The molecule has 3 rings (SSSR count). The second-order valence-corrected chi connectivity index (χ2v) is 7.32. The first-order chi connectivity index (χ1) is 14.4. The summed E-state index contributed by atoms with van der Waals surface area (Å²) < 4.78 is 5.39. The van der Waals surface area contributed by atoms with Crippen molar-refractivity contribution in [2.24, 2.45) is 0 Å². The molecule has 0 saturated carbocycles. The first kappa shape index (κ1) is 20.9. The smallest absolute Gasteiger partial charge is 0.331 e. The molecule has 1 amide bonds. The predicted octanol–water partition coefficient (Wildman–Crippen LogP) is 4.90. The van der Waals surface area contributed by atoms with Gasteiger partial charge in [0.1, 0.15) is 5.69 Å². The van der Waals surface area contributed by atoms with Crippen molar-refractivity contribution in [2.45, 2.75) is 13.0 Å². The maximum Gasteiger partial charge on any atom is 0.331 e. The van der Waals surface area contributed by atoms with Gasteiger partial charge in [0.25, 0.3) is 11.6 Å². The third kappa shape index (κ3) is 5.39. The molecule has 0 aliphatic rings. The van der Waals surface area contributed by atoms with E-state index in [0.29, 0.717) is 11.1 Å². The van der Waals surface area contributed by atoms with Crippen LogP contribution < -0.4 is 5.32 Å². The van der Waals surface area contributed by atoms with Gasteiger partial charge in [-0.15, -0.1) is 11.3 Å². The van der Waals surface area contributed by atoms with Gasteiger partial charge < -0.3 is 10.1 Å². The molecule has 0 bridgehead atoms. The number of carbonyl (C=O) groups excluding carboxylic acids is 2. The van der Waals surface area contributed by atoms with Crippen LogP contribution in [0.3, 0.4) is 0 Å². The molecule has 0 fully saturated rings. The number of amides is 1. The van der Waals surface area contributed by atoms with Crippen LogP contribution in [0.1, 0.15) is 22.1 Å². The van der Waals surface area contributed by atoms with Gasteiger partial charge >= 0.3 is 5.97 Å². The van der Waals surface area contributed by atoms with Crippen LogP contribution in [-0.2, 0) is 14.3 Å². The molecule has 3 aromatic rings. The first-order valence-corrected chi connectivity index (χ1v) is 9.85. The summed E-state index contributed by atoms with van der Waals surface area (Å²) in [5.41, 5.74) is 0.924. The van der Waals surface area contributed by atoms with Crippen LogP contribution in [0.15, 0.2) is 72.1 Å². The summed E-state index contributed by atoms with van der Waals surface area (Å²) in [5, 5.41) is 15.7. The van der Waals surface area contributed by atoms with Crippen molar-refractivity contribution in [3.63, 3.8) is 0 Å². The number of nitro benzene ring substituents is 1. The average Bonchev–Trinajstić information content (AvgIpc) is 3.26. The van der Waals surface area contributed by atoms with Gasteiger partial charge in [-0.05, 0) is 36.1 Å². The number of hydrogen-bond donors (Lipinski definition) is 1. The van der Waals surface area contributed by atoms with Crippen molar-refractivity contribution in [2.75, 3.05) is 5.32 Å². The summed E-state index contributed by atoms with van der Waals surface area (Å²) in [6, 6.07) is 16.6.